The summed E-state index contributed by atoms with van der Waals surface area (Å²) < 4.78 is 0.890. The van der Waals surface area contributed by atoms with Gasteiger partial charge in [0.2, 0.25) is 0 Å². The predicted octanol–water partition coefficient (Wildman–Crippen LogP) is 3.53. The van der Waals surface area contributed by atoms with Crippen molar-refractivity contribution in [1.82, 2.24) is 16.0 Å². The summed E-state index contributed by atoms with van der Waals surface area (Å²) in [5.74, 6) is 0.632. The van der Waals surface area contributed by atoms with E-state index in [0.717, 1.165) is 17.0 Å². The lowest BCUT2D eigenvalue weighted by Crippen LogP contribution is -2.41. The van der Waals surface area contributed by atoms with Crippen LogP contribution in [0.25, 0.3) is 0 Å². The summed E-state index contributed by atoms with van der Waals surface area (Å²) in [6.07, 6.45) is 0. The van der Waals surface area contributed by atoms with Crippen molar-refractivity contribution in [2.45, 2.75) is 13.5 Å². The molecule has 0 aliphatic carbocycles. The number of guanidine groups is 1. The first kappa shape index (κ1) is 21.9. The molecule has 136 valence electrons. The lowest BCUT2D eigenvalue weighted by atomic mass is 10.2. The van der Waals surface area contributed by atoms with Crippen LogP contribution in [0.4, 0.5) is 0 Å². The van der Waals surface area contributed by atoms with Gasteiger partial charge in [-0.05, 0) is 37.3 Å². The van der Waals surface area contributed by atoms with Gasteiger partial charge in [0.25, 0.3) is 5.91 Å². The van der Waals surface area contributed by atoms with Crippen LogP contribution in [-0.2, 0) is 6.54 Å². The number of aryl methyl sites for hydroxylation is 1. The van der Waals surface area contributed by atoms with Gasteiger partial charge in [0.1, 0.15) is 0 Å². The van der Waals surface area contributed by atoms with Crippen molar-refractivity contribution in [1.29, 1.82) is 0 Å². The van der Waals surface area contributed by atoms with Crippen molar-refractivity contribution < 1.29 is 4.79 Å². The zero-order valence-electron chi connectivity index (χ0n) is 14.1. The fraction of sp³-hybridized carbons (Fsp3) is 0.294. The number of nitrogens with zero attached hydrogens (tertiary/aromatic N) is 1. The van der Waals surface area contributed by atoms with Crippen LogP contribution in [0.15, 0.2) is 45.9 Å². The Balaban J connectivity index is 0.00000312. The number of hydrogen-bond acceptors (Lipinski definition) is 3. The molecule has 0 aliphatic rings. The minimum atomic E-state index is -0.0879. The van der Waals surface area contributed by atoms with Crippen molar-refractivity contribution in [2.75, 3.05) is 20.1 Å². The number of benzene rings is 1. The molecule has 0 radical (unpaired) electrons. The summed E-state index contributed by atoms with van der Waals surface area (Å²) in [6.45, 7) is 3.95. The van der Waals surface area contributed by atoms with E-state index in [1.165, 1.54) is 9.75 Å². The number of carbonyl (C=O) groups is 1. The van der Waals surface area contributed by atoms with Gasteiger partial charge in [-0.1, -0.05) is 22.0 Å². The van der Waals surface area contributed by atoms with Gasteiger partial charge in [0, 0.05) is 39.9 Å². The molecule has 0 aliphatic heterocycles. The molecule has 0 spiro atoms. The molecule has 25 heavy (non-hydrogen) atoms. The molecule has 2 rings (SSSR count). The quantitative estimate of drug-likeness (QED) is 0.229. The van der Waals surface area contributed by atoms with Crippen LogP contribution < -0.4 is 16.0 Å². The number of carbonyl (C=O) groups excluding carboxylic acids is 1. The second-order valence-corrected chi connectivity index (χ2v) is 7.42. The number of hydrogen-bond donors (Lipinski definition) is 3. The highest BCUT2D eigenvalue weighted by Gasteiger charge is 2.05. The standard InChI is InChI=1S/C17H21BrN4OS.HI/c1-12-6-7-15(24-12)11-22-17(19-2)21-9-8-20-16(23)13-4-3-5-14(18)10-13;/h3-7,10H,8-9,11H2,1-2H3,(H,20,23)(H2,19,21,22);1H. The molecule has 0 saturated heterocycles. The molecule has 8 heteroatoms. The molecular formula is C17H22BrIN4OS. The Bertz CT molecular complexity index is 720. The maximum absolute atomic E-state index is 12.0. The highest BCUT2D eigenvalue weighted by molar-refractivity contribution is 14.0. The highest BCUT2D eigenvalue weighted by atomic mass is 127. The van der Waals surface area contributed by atoms with Gasteiger partial charge in [-0.2, -0.15) is 0 Å². The van der Waals surface area contributed by atoms with Gasteiger partial charge in [-0.25, -0.2) is 0 Å². The first-order valence-corrected chi connectivity index (χ1v) is 9.23. The Morgan fingerprint density at radius 2 is 1.92 bits per heavy atom. The number of rotatable bonds is 6. The van der Waals surface area contributed by atoms with Gasteiger partial charge in [0.05, 0.1) is 6.54 Å². The van der Waals surface area contributed by atoms with Crippen molar-refractivity contribution in [2.24, 2.45) is 4.99 Å². The lowest BCUT2D eigenvalue weighted by Gasteiger charge is -2.12. The molecule has 1 heterocycles. The fourth-order valence-electron chi connectivity index (χ4n) is 2.06. The van der Waals surface area contributed by atoms with Crippen LogP contribution in [0.2, 0.25) is 0 Å². The smallest absolute Gasteiger partial charge is 0.251 e. The van der Waals surface area contributed by atoms with Crippen molar-refractivity contribution in [3.05, 3.63) is 56.2 Å². The van der Waals surface area contributed by atoms with E-state index < -0.39 is 0 Å². The highest BCUT2D eigenvalue weighted by Crippen LogP contribution is 2.14. The molecule has 1 aromatic carbocycles. The molecule has 0 atom stereocenters. The second-order valence-electron chi connectivity index (χ2n) is 5.13. The van der Waals surface area contributed by atoms with Gasteiger partial charge in [0.15, 0.2) is 5.96 Å². The van der Waals surface area contributed by atoms with E-state index in [1.807, 2.05) is 12.1 Å². The topological polar surface area (TPSA) is 65.5 Å². The van der Waals surface area contributed by atoms with E-state index >= 15 is 0 Å². The summed E-state index contributed by atoms with van der Waals surface area (Å²) in [7, 11) is 1.73. The minimum Gasteiger partial charge on any atom is -0.355 e. The Morgan fingerprint density at radius 3 is 2.56 bits per heavy atom. The average molecular weight is 537 g/mol. The molecule has 1 amide bonds. The SMILES string of the molecule is CN=C(NCCNC(=O)c1cccc(Br)c1)NCc1ccc(C)s1.I. The van der Waals surface area contributed by atoms with Crippen molar-refractivity contribution >= 4 is 63.1 Å². The third kappa shape index (κ3) is 7.74. The van der Waals surface area contributed by atoms with E-state index in [1.54, 1.807) is 30.5 Å². The summed E-state index contributed by atoms with van der Waals surface area (Å²) in [5, 5.41) is 9.32. The van der Waals surface area contributed by atoms with Crippen LogP contribution in [0, 0.1) is 6.92 Å². The first-order valence-electron chi connectivity index (χ1n) is 7.62. The third-order valence-electron chi connectivity index (χ3n) is 3.24. The zero-order valence-corrected chi connectivity index (χ0v) is 18.9. The van der Waals surface area contributed by atoms with E-state index in [-0.39, 0.29) is 29.9 Å². The predicted molar refractivity (Wildman–Crippen MR) is 119 cm³/mol. The first-order chi connectivity index (χ1) is 11.6. The fourth-order valence-corrected chi connectivity index (χ4v) is 3.29. The molecule has 3 N–H and O–H groups in total. The average Bonchev–Trinajstić information content (AvgIpc) is 2.99. The van der Waals surface area contributed by atoms with Crippen LogP contribution in [0.1, 0.15) is 20.1 Å². The third-order valence-corrected chi connectivity index (χ3v) is 4.73. The van der Waals surface area contributed by atoms with Crippen molar-refractivity contribution in [3.63, 3.8) is 0 Å². The van der Waals surface area contributed by atoms with Crippen molar-refractivity contribution in [3.8, 4) is 0 Å². The maximum Gasteiger partial charge on any atom is 0.251 e. The van der Waals surface area contributed by atoms with Gasteiger partial charge >= 0.3 is 0 Å². The van der Waals surface area contributed by atoms with E-state index in [2.05, 4.69) is 55.9 Å². The molecule has 2 aromatic rings. The Kier molecular flexibility index (Phi) is 10.1. The molecule has 0 saturated carbocycles. The molecule has 1 aromatic heterocycles. The normalized spacial score (nSPS) is 10.8. The van der Waals surface area contributed by atoms with E-state index in [9.17, 15) is 4.79 Å². The van der Waals surface area contributed by atoms with E-state index in [0.29, 0.717) is 18.7 Å². The van der Waals surface area contributed by atoms with Gasteiger partial charge in [-0.3, -0.25) is 9.79 Å². The molecule has 0 bridgehead atoms. The number of nitrogens with one attached hydrogen (secondary N) is 3. The second kappa shape index (κ2) is 11.5. The lowest BCUT2D eigenvalue weighted by molar-refractivity contribution is 0.0954. The summed E-state index contributed by atoms with van der Waals surface area (Å²) in [4.78, 5) is 18.8. The van der Waals surface area contributed by atoms with E-state index in [4.69, 9.17) is 0 Å². The summed E-state index contributed by atoms with van der Waals surface area (Å²) in [6, 6.07) is 11.5. The number of amides is 1. The molecule has 5 nitrogen and oxygen atoms in total. The number of halogens is 2. The Hall–Kier alpha value is -1.13. The summed E-state index contributed by atoms with van der Waals surface area (Å²) in [5.41, 5.74) is 0.639. The minimum absolute atomic E-state index is 0. The van der Waals surface area contributed by atoms with Crippen LogP contribution in [-0.4, -0.2) is 32.0 Å². The Labute approximate surface area is 177 Å². The van der Waals surface area contributed by atoms with Crippen LogP contribution in [0.5, 0.6) is 0 Å². The Morgan fingerprint density at radius 1 is 1.16 bits per heavy atom. The van der Waals surface area contributed by atoms with Crippen LogP contribution in [0.3, 0.4) is 0 Å². The largest absolute Gasteiger partial charge is 0.355 e. The molecule has 0 unspecified atom stereocenters. The maximum atomic E-state index is 12.0. The number of aliphatic imine (C=N–C) groups is 1. The monoisotopic (exact) mass is 536 g/mol. The molecular weight excluding hydrogens is 515 g/mol. The zero-order chi connectivity index (χ0) is 17.4. The summed E-state index contributed by atoms with van der Waals surface area (Å²) >= 11 is 5.13. The van der Waals surface area contributed by atoms with Gasteiger partial charge in [-0.15, -0.1) is 35.3 Å². The number of thiophene rings is 1. The molecule has 0 fully saturated rings. The van der Waals surface area contributed by atoms with Crippen LogP contribution >= 0.6 is 51.2 Å². The van der Waals surface area contributed by atoms with Gasteiger partial charge < -0.3 is 16.0 Å².